The zero-order valence-electron chi connectivity index (χ0n) is 30.4. The van der Waals surface area contributed by atoms with Crippen LogP contribution in [0.3, 0.4) is 0 Å². The first-order valence-electron chi connectivity index (χ1n) is 16.2. The lowest BCUT2D eigenvalue weighted by atomic mass is 9.92. The molecule has 2 aromatic carbocycles. The van der Waals surface area contributed by atoms with Gasteiger partial charge in [-0.1, -0.05) is 48.5 Å². The molecule has 11 heteroatoms. The van der Waals surface area contributed by atoms with Gasteiger partial charge in [-0.25, -0.2) is 9.59 Å². The zero-order valence-corrected chi connectivity index (χ0v) is 30.4. The lowest BCUT2D eigenvalue weighted by molar-refractivity contribution is -0.159. The van der Waals surface area contributed by atoms with Crippen molar-refractivity contribution in [2.45, 2.75) is 130 Å². The number of hydrogen-bond acceptors (Lipinski definition) is 7. The van der Waals surface area contributed by atoms with Gasteiger partial charge in [-0.2, -0.15) is 0 Å². The maximum absolute atomic E-state index is 14.6. The van der Waals surface area contributed by atoms with E-state index in [1.165, 1.54) is 4.90 Å². The summed E-state index contributed by atoms with van der Waals surface area (Å²) in [7, 11) is 0. The highest BCUT2D eigenvalue weighted by molar-refractivity contribution is 5.94. The molecular weight excluding hydrogens is 612 g/mol. The Bertz CT molecular complexity index is 1450. The minimum atomic E-state index is -1.26. The second-order valence-corrected chi connectivity index (χ2v) is 15.1. The van der Waals surface area contributed by atoms with Crippen molar-refractivity contribution in [3.63, 3.8) is 0 Å². The standard InChI is InChI=1S/C37H54N4O7/c1-23-17-18-26(21-24(23)2)30(31(43)39-28(33(45)47-36(6,7)8)22-25-15-13-12-14-16-25)41(35(3,4)5)32(44)27(19-20-29(38)42)40-34(46)48-37(9,10)11/h12-18,21,27-28,30H,19-20,22H2,1-11H3,(H2,38,42)(H,39,43)(H,40,46). The molecule has 48 heavy (non-hydrogen) atoms. The van der Waals surface area contributed by atoms with E-state index in [4.69, 9.17) is 15.2 Å². The van der Waals surface area contributed by atoms with Gasteiger partial charge in [0.1, 0.15) is 29.3 Å². The van der Waals surface area contributed by atoms with Crippen molar-refractivity contribution in [3.8, 4) is 0 Å². The molecule has 0 heterocycles. The van der Waals surface area contributed by atoms with Crippen LogP contribution in [0.2, 0.25) is 0 Å². The van der Waals surface area contributed by atoms with Crippen molar-refractivity contribution in [1.29, 1.82) is 0 Å². The maximum Gasteiger partial charge on any atom is 0.408 e. The number of nitrogens with two attached hydrogens (primary N) is 1. The summed E-state index contributed by atoms with van der Waals surface area (Å²) in [6.07, 6.45) is -1.05. The fourth-order valence-corrected chi connectivity index (χ4v) is 5.03. The van der Waals surface area contributed by atoms with Crippen LogP contribution in [-0.2, 0) is 35.1 Å². The summed E-state index contributed by atoms with van der Waals surface area (Å²) in [5, 5.41) is 5.49. The minimum absolute atomic E-state index is 0.129. The number of benzene rings is 2. The lowest BCUT2D eigenvalue weighted by Gasteiger charge is -2.43. The monoisotopic (exact) mass is 666 g/mol. The van der Waals surface area contributed by atoms with Crippen LogP contribution < -0.4 is 16.4 Å². The number of ether oxygens (including phenoxy) is 2. The van der Waals surface area contributed by atoms with Crippen LogP contribution >= 0.6 is 0 Å². The number of aryl methyl sites for hydroxylation is 2. The first kappa shape index (κ1) is 39.8. The van der Waals surface area contributed by atoms with E-state index in [2.05, 4.69) is 10.6 Å². The van der Waals surface area contributed by atoms with E-state index >= 15 is 0 Å². The molecule has 0 fully saturated rings. The van der Waals surface area contributed by atoms with Crippen LogP contribution in [0.5, 0.6) is 0 Å². The molecular formula is C37H54N4O7. The molecule has 0 saturated heterocycles. The fourth-order valence-electron chi connectivity index (χ4n) is 5.03. The number of rotatable bonds is 12. The summed E-state index contributed by atoms with van der Waals surface area (Å²) in [6.45, 7) is 19.4. The Kier molecular flexibility index (Phi) is 13.4. The predicted octanol–water partition coefficient (Wildman–Crippen LogP) is 5.20. The van der Waals surface area contributed by atoms with Crippen molar-refractivity contribution in [3.05, 3.63) is 70.8 Å². The van der Waals surface area contributed by atoms with E-state index in [0.29, 0.717) is 5.56 Å². The van der Waals surface area contributed by atoms with Gasteiger partial charge in [0, 0.05) is 18.4 Å². The Morgan fingerprint density at radius 2 is 1.35 bits per heavy atom. The number of carbonyl (C=O) groups excluding carboxylic acids is 5. The number of alkyl carbamates (subject to hydrolysis) is 1. The molecule has 0 aliphatic rings. The van der Waals surface area contributed by atoms with E-state index in [0.717, 1.165) is 16.7 Å². The first-order chi connectivity index (χ1) is 22.0. The average molecular weight is 667 g/mol. The first-order valence-corrected chi connectivity index (χ1v) is 16.2. The molecule has 11 nitrogen and oxygen atoms in total. The highest BCUT2D eigenvalue weighted by Gasteiger charge is 2.43. The van der Waals surface area contributed by atoms with Gasteiger partial charge in [0.2, 0.25) is 17.7 Å². The quantitative estimate of drug-likeness (QED) is 0.263. The molecule has 4 amide bonds. The molecule has 2 rings (SSSR count). The summed E-state index contributed by atoms with van der Waals surface area (Å²) in [4.78, 5) is 68.8. The predicted molar refractivity (Wildman–Crippen MR) is 185 cm³/mol. The third-order valence-electron chi connectivity index (χ3n) is 7.27. The number of nitrogens with zero attached hydrogens (tertiary/aromatic N) is 1. The molecule has 0 aliphatic heterocycles. The Morgan fingerprint density at radius 1 is 0.771 bits per heavy atom. The average Bonchev–Trinajstić information content (AvgIpc) is 2.92. The number of nitrogens with one attached hydrogen (secondary N) is 2. The molecule has 3 unspecified atom stereocenters. The van der Waals surface area contributed by atoms with Gasteiger partial charge in [0.05, 0.1) is 0 Å². The van der Waals surface area contributed by atoms with E-state index < -0.39 is 64.7 Å². The Labute approximate surface area is 285 Å². The fraction of sp³-hybridized carbons (Fsp3) is 0.541. The number of carbonyl (C=O) groups is 5. The van der Waals surface area contributed by atoms with E-state index in [1.807, 2.05) is 56.3 Å². The van der Waals surface area contributed by atoms with Crippen molar-refractivity contribution < 1.29 is 33.4 Å². The van der Waals surface area contributed by atoms with Crippen molar-refractivity contribution in [1.82, 2.24) is 15.5 Å². The van der Waals surface area contributed by atoms with Crippen molar-refractivity contribution in [2.24, 2.45) is 5.73 Å². The highest BCUT2D eigenvalue weighted by Crippen LogP contribution is 2.32. The second-order valence-electron chi connectivity index (χ2n) is 15.1. The molecule has 0 spiro atoms. The third-order valence-corrected chi connectivity index (χ3v) is 7.27. The summed E-state index contributed by atoms with van der Waals surface area (Å²) < 4.78 is 11.1. The van der Waals surface area contributed by atoms with Gasteiger partial charge in [0.25, 0.3) is 0 Å². The molecule has 0 bridgehead atoms. The van der Waals surface area contributed by atoms with Crippen molar-refractivity contribution >= 4 is 29.8 Å². The molecule has 0 radical (unpaired) electrons. The van der Waals surface area contributed by atoms with Gasteiger partial charge in [-0.3, -0.25) is 14.4 Å². The summed E-state index contributed by atoms with van der Waals surface area (Å²) >= 11 is 0. The third kappa shape index (κ3) is 12.7. The number of esters is 1. The Hall–Kier alpha value is -4.41. The van der Waals surface area contributed by atoms with Crippen LogP contribution in [0.1, 0.15) is 103 Å². The number of hydrogen-bond donors (Lipinski definition) is 3. The van der Waals surface area contributed by atoms with Crippen LogP contribution in [0.4, 0.5) is 4.79 Å². The van der Waals surface area contributed by atoms with Gasteiger partial charge < -0.3 is 30.7 Å². The van der Waals surface area contributed by atoms with Crippen LogP contribution in [-0.4, -0.2) is 63.5 Å². The molecule has 0 aromatic heterocycles. The molecule has 264 valence electrons. The molecule has 2 aromatic rings. The van der Waals surface area contributed by atoms with Crippen LogP contribution in [0.25, 0.3) is 0 Å². The van der Waals surface area contributed by atoms with Crippen LogP contribution in [0.15, 0.2) is 48.5 Å². The highest BCUT2D eigenvalue weighted by atomic mass is 16.6. The molecule has 0 aliphatic carbocycles. The lowest BCUT2D eigenvalue weighted by Crippen LogP contribution is -2.59. The van der Waals surface area contributed by atoms with E-state index in [9.17, 15) is 24.0 Å². The van der Waals surface area contributed by atoms with E-state index in [1.54, 1.807) is 68.4 Å². The molecule has 3 atom stereocenters. The maximum atomic E-state index is 14.6. The Morgan fingerprint density at radius 3 is 1.85 bits per heavy atom. The van der Waals surface area contributed by atoms with Gasteiger partial charge in [0.15, 0.2) is 0 Å². The molecule has 0 saturated carbocycles. The smallest absolute Gasteiger partial charge is 0.408 e. The van der Waals surface area contributed by atoms with Crippen molar-refractivity contribution in [2.75, 3.05) is 0 Å². The Balaban J connectivity index is 2.70. The topological polar surface area (TPSA) is 157 Å². The van der Waals surface area contributed by atoms with Gasteiger partial charge in [-0.15, -0.1) is 0 Å². The van der Waals surface area contributed by atoms with Gasteiger partial charge in [-0.05, 0) is 105 Å². The summed E-state index contributed by atoms with van der Waals surface area (Å²) in [5.74, 6) is -2.55. The normalized spacial score (nSPS) is 13.8. The van der Waals surface area contributed by atoms with E-state index in [-0.39, 0.29) is 19.3 Å². The minimum Gasteiger partial charge on any atom is -0.458 e. The number of primary amides is 1. The zero-order chi connectivity index (χ0) is 36.6. The SMILES string of the molecule is Cc1ccc(C(C(=O)NC(Cc2ccccc2)C(=O)OC(C)(C)C)N(C(=O)C(CCC(N)=O)NC(=O)OC(C)(C)C)C(C)(C)C)cc1C. The second kappa shape index (κ2) is 16.1. The summed E-state index contributed by atoms with van der Waals surface area (Å²) in [6, 6.07) is 11.1. The summed E-state index contributed by atoms with van der Waals surface area (Å²) in [5.41, 5.74) is 5.92. The number of amides is 4. The van der Waals surface area contributed by atoms with Crippen LogP contribution in [0, 0.1) is 13.8 Å². The molecule has 4 N–H and O–H groups in total. The van der Waals surface area contributed by atoms with Gasteiger partial charge >= 0.3 is 12.1 Å². The largest absolute Gasteiger partial charge is 0.458 e.